The van der Waals surface area contributed by atoms with Gasteiger partial charge in [0.25, 0.3) is 25.7 Å². The number of aliphatic hydroxyl groups is 3. The molecule has 2 aromatic carbocycles. The van der Waals surface area contributed by atoms with E-state index in [9.17, 15) is 51.1 Å². The molecular weight excluding hydrogens is 1300 g/mol. The highest BCUT2D eigenvalue weighted by Gasteiger charge is 2.51. The van der Waals surface area contributed by atoms with Crippen LogP contribution in [-0.4, -0.2) is 218 Å². The number of carbonyl (C=O) groups is 2. The lowest BCUT2D eigenvalue weighted by atomic mass is 9.82. The summed E-state index contributed by atoms with van der Waals surface area (Å²) in [4.78, 5) is 43.0. The number of ether oxygens (including phenoxy) is 9. The number of aliphatic hydroxyl groups excluding tert-OH is 2. The first kappa shape index (κ1) is 78.3. The Balaban J connectivity index is 0.000000300. The lowest BCUT2D eigenvalue weighted by molar-refractivity contribution is -0.335. The number of carbonyl (C=O) groups excluding carboxylic acids is 2. The molecule has 5 unspecified atom stereocenters. The number of aldehydes is 1. The van der Waals surface area contributed by atoms with Gasteiger partial charge in [0.15, 0.2) is 30.1 Å². The second-order valence-electron chi connectivity index (χ2n) is 26.3. The quantitative estimate of drug-likeness (QED) is 0.0352. The number of sulfonamides is 1. The first-order valence-corrected chi connectivity index (χ1v) is 35.6. The molecule has 3 fully saturated rings. The molecule has 4 aromatic rings. The summed E-state index contributed by atoms with van der Waals surface area (Å²) >= 11 is 0. The van der Waals surface area contributed by atoms with Gasteiger partial charge in [0, 0.05) is 68.9 Å². The number of likely N-dealkylation sites (N-methyl/N-ethyl adjacent to an activating group) is 2. The van der Waals surface area contributed by atoms with Crippen molar-refractivity contribution in [3.8, 4) is 11.6 Å². The summed E-state index contributed by atoms with van der Waals surface area (Å²) in [6.45, 7) is 14.6. The van der Waals surface area contributed by atoms with Gasteiger partial charge >= 0.3 is 5.97 Å². The minimum atomic E-state index is -4.83. The molecule has 2 aromatic heterocycles. The second-order valence-corrected chi connectivity index (χ2v) is 29.5. The molecule has 97 heavy (non-hydrogen) atoms. The third kappa shape index (κ3) is 20.1. The van der Waals surface area contributed by atoms with Gasteiger partial charge in [-0.25, -0.2) is 13.1 Å². The Morgan fingerprint density at radius 2 is 1.49 bits per heavy atom. The molecule has 4 aliphatic rings. The van der Waals surface area contributed by atoms with E-state index in [0.29, 0.717) is 24.2 Å². The van der Waals surface area contributed by atoms with Crippen LogP contribution in [0.25, 0.3) is 5.69 Å². The zero-order chi connectivity index (χ0) is 71.4. The first-order chi connectivity index (χ1) is 45.7. The molecule has 0 spiro atoms. The minimum absolute atomic E-state index is 0.0275. The number of nitrogens with zero attached hydrogens (tertiary/aromatic N) is 6. The van der Waals surface area contributed by atoms with Crippen LogP contribution in [0.2, 0.25) is 0 Å². The third-order valence-corrected chi connectivity index (χ3v) is 20.7. The minimum Gasteiger partial charge on any atom is -0.480 e. The van der Waals surface area contributed by atoms with E-state index < -0.39 is 122 Å². The van der Waals surface area contributed by atoms with Crippen LogP contribution in [0.15, 0.2) is 101 Å². The SMILES string of the molecule is CO[C@@H]1[C@@H](O[C@@H]2O[C@H](C)[C@@H](O[C@H]3CC(C)(O)[C@@H](O)[C@@H](C)O3)C(N(C)C)C2C)[C@@H](CC=O)C[C@@H](C)[C@@H](O[C@H]2CC[C@H](N(C)C)C(C)O2)/C=C/C=C/C[C@@H](C)OC(=O)C[C@H]1O.COc1ccc(NS(=O)(=O)c2ccc(NC(c3c(C)n(C)n(-c4ccccc4)c3=O)S(=O)(=O)O)cc2)nn1. The number of cyclic esters (lactones) is 1. The van der Waals surface area contributed by atoms with Gasteiger partial charge in [0.1, 0.15) is 30.7 Å². The molecule has 0 bridgehead atoms. The number of hydrogen-bond donors (Lipinski definition) is 6. The zero-order valence-corrected chi connectivity index (χ0v) is 59.6. The second kappa shape index (κ2) is 34.3. The summed E-state index contributed by atoms with van der Waals surface area (Å²) in [5.74, 6) is -1.40. The highest BCUT2D eigenvalue weighted by atomic mass is 32.2. The number of rotatable bonds is 20. The van der Waals surface area contributed by atoms with E-state index in [1.54, 1.807) is 65.1 Å². The number of nitrogens with one attached hydrogen (secondary N) is 2. The van der Waals surface area contributed by atoms with Crippen LogP contribution in [0.5, 0.6) is 5.88 Å². The van der Waals surface area contributed by atoms with E-state index in [4.69, 9.17) is 42.6 Å². The normalized spacial score (nSPS) is 32.8. The van der Waals surface area contributed by atoms with Crippen molar-refractivity contribution in [2.75, 3.05) is 52.4 Å². The van der Waals surface area contributed by atoms with Crippen molar-refractivity contribution in [3.05, 3.63) is 113 Å². The number of benzene rings is 2. The predicted octanol–water partition coefficient (Wildman–Crippen LogP) is 5.68. The Hall–Kier alpha value is -6.07. The summed E-state index contributed by atoms with van der Waals surface area (Å²) in [5, 5.41) is 41.4. The van der Waals surface area contributed by atoms with Crippen LogP contribution in [0, 0.1) is 24.7 Å². The van der Waals surface area contributed by atoms with E-state index in [-0.39, 0.29) is 77.1 Å². The molecule has 0 saturated carbocycles. The Morgan fingerprint density at radius 3 is 2.08 bits per heavy atom. The highest BCUT2D eigenvalue weighted by molar-refractivity contribution is 7.92. The van der Waals surface area contributed by atoms with E-state index >= 15 is 0 Å². The molecule has 6 N–H and O–H groups in total. The fourth-order valence-electron chi connectivity index (χ4n) is 13.2. The first-order valence-electron chi connectivity index (χ1n) is 32.6. The molecule has 4 aliphatic heterocycles. The number of methoxy groups -OCH3 is 2. The Labute approximate surface area is 569 Å². The monoisotopic (exact) mass is 1400 g/mol. The van der Waals surface area contributed by atoms with Gasteiger partial charge in [-0.2, -0.15) is 8.42 Å². The topological polar surface area (TPSA) is 350 Å². The van der Waals surface area contributed by atoms with Gasteiger partial charge in [0.2, 0.25) is 5.88 Å². The molecule has 8 rings (SSSR count). The van der Waals surface area contributed by atoms with Gasteiger partial charge in [0.05, 0.1) is 71.9 Å². The van der Waals surface area contributed by atoms with Gasteiger partial charge in [-0.05, 0) is 143 Å². The smallest absolute Gasteiger partial charge is 0.308 e. The summed E-state index contributed by atoms with van der Waals surface area (Å²) in [6, 6.07) is 16.5. The molecule has 0 radical (unpaired) electrons. The molecule has 20 atom stereocenters. The predicted molar refractivity (Wildman–Crippen MR) is 360 cm³/mol. The van der Waals surface area contributed by atoms with E-state index in [0.717, 1.165) is 19.1 Å². The van der Waals surface area contributed by atoms with Gasteiger partial charge in [-0.3, -0.25) is 23.5 Å². The van der Waals surface area contributed by atoms with E-state index in [1.165, 1.54) is 60.0 Å². The van der Waals surface area contributed by atoms with E-state index in [2.05, 4.69) is 53.1 Å². The maximum absolute atomic E-state index is 13.3. The van der Waals surface area contributed by atoms with Crippen LogP contribution >= 0.6 is 0 Å². The lowest BCUT2D eigenvalue weighted by Crippen LogP contribution is -2.63. The highest BCUT2D eigenvalue weighted by Crippen LogP contribution is 2.40. The molecule has 30 heteroatoms. The number of aromatic nitrogens is 4. The molecule has 6 heterocycles. The fraction of sp³-hybridized carbons (Fsp3) is 0.627. The molecular formula is C67H100N8O20S2. The number of hydrogen-bond acceptors (Lipinski definition) is 24. The van der Waals surface area contributed by atoms with Crippen molar-refractivity contribution in [1.29, 1.82) is 0 Å². The summed E-state index contributed by atoms with van der Waals surface area (Å²) in [7, 11) is 3.56. The molecule has 28 nitrogen and oxygen atoms in total. The summed E-state index contributed by atoms with van der Waals surface area (Å²) in [5.41, 5.74) is -1.28. The van der Waals surface area contributed by atoms with Crippen LogP contribution in [0.1, 0.15) is 110 Å². The molecule has 0 aliphatic carbocycles. The molecule has 540 valence electrons. The van der Waals surface area contributed by atoms with Gasteiger partial charge in [-0.1, -0.05) is 56.4 Å². The summed E-state index contributed by atoms with van der Waals surface area (Å²) in [6.07, 6.45) is 1.92. The third-order valence-electron chi connectivity index (χ3n) is 18.4. The van der Waals surface area contributed by atoms with Crippen molar-refractivity contribution < 1.29 is 88.9 Å². The van der Waals surface area contributed by atoms with Gasteiger partial charge < -0.3 is 77.9 Å². The maximum Gasteiger partial charge on any atom is 0.308 e. The van der Waals surface area contributed by atoms with E-state index in [1.807, 2.05) is 57.1 Å². The maximum atomic E-state index is 13.3. The number of anilines is 2. The Bertz CT molecular complexity index is 3540. The number of esters is 1. The van der Waals surface area contributed by atoms with Crippen LogP contribution in [-0.2, 0) is 74.7 Å². The van der Waals surface area contributed by atoms with Crippen molar-refractivity contribution in [2.24, 2.45) is 24.8 Å². The summed E-state index contributed by atoms with van der Waals surface area (Å²) < 4.78 is 121. The lowest BCUT2D eigenvalue weighted by Gasteiger charge is -2.51. The Morgan fingerprint density at radius 1 is 0.814 bits per heavy atom. The van der Waals surface area contributed by atoms with Crippen molar-refractivity contribution in [1.82, 2.24) is 29.4 Å². The van der Waals surface area contributed by atoms with Crippen molar-refractivity contribution in [3.63, 3.8) is 0 Å². The van der Waals surface area contributed by atoms with Crippen LogP contribution in [0.3, 0.4) is 0 Å². The standard InChI is InChI=1S/C44H76N2O13.C23H24N6O7S2/c1-25-22-31(20-21-47)40(59-43-27(3)38(46(10)11)39(29(5)56-43)58-37-24-44(7,51)42(50)30(6)55-37)41(52-12)33(48)23-35(49)53-26(2)16-14-13-15-17-34(25)57-36-19-18-32(45(8)9)28(4)54-36;1-15-21(23(30)29(28(15)2)17-7-5-4-6-8-17)22(38(33,34)35)24-16-9-11-18(12-10-16)37(31,32)27-19-13-14-20(36-3)26-25-19/h13-15,17,21,25-34,36-43,48,50-51H,16,18-20,22-24H2,1-12H3;4-14,22,24H,1-3H3,(H,25,27)(H,33,34,35)/b14-13+,17-15+;/t25-,26-,27?,28?,29-,30-,31+,32+,33-,34+,36+,37+,38?,39-,40+,41+,42+,43+,44?;/m1./s1. The zero-order valence-electron chi connectivity index (χ0n) is 58.0. The fourth-order valence-corrected chi connectivity index (χ4v) is 15.1. The number of allylic oxidation sites excluding steroid dienone is 2. The van der Waals surface area contributed by atoms with Crippen LogP contribution < -0.4 is 20.3 Å². The largest absolute Gasteiger partial charge is 0.480 e. The average Bonchev–Trinajstić information content (AvgIpc) is 1.71. The number of para-hydroxylation sites is 1. The van der Waals surface area contributed by atoms with Crippen molar-refractivity contribution >= 4 is 43.9 Å². The molecule has 0 amide bonds. The Kier molecular flexibility index (Phi) is 27.7. The molecule has 3 saturated heterocycles. The van der Waals surface area contributed by atoms with Crippen LogP contribution in [0.4, 0.5) is 11.5 Å². The van der Waals surface area contributed by atoms with Crippen molar-refractivity contribution in [2.45, 2.75) is 208 Å². The van der Waals surface area contributed by atoms with Gasteiger partial charge in [-0.15, -0.1) is 10.2 Å². The average molecular weight is 1400 g/mol.